The Morgan fingerprint density at radius 2 is 1.62 bits per heavy atom. The Labute approximate surface area is 138 Å². The minimum atomic E-state index is -1.12. The number of ether oxygens (including phenoxy) is 1. The van der Waals surface area contributed by atoms with E-state index in [0.717, 1.165) is 6.07 Å². The molecule has 6 heteroatoms. The fourth-order valence-electron chi connectivity index (χ4n) is 2.87. The van der Waals surface area contributed by atoms with Crippen LogP contribution in [-0.4, -0.2) is 25.5 Å². The second-order valence-electron chi connectivity index (χ2n) is 6.02. The van der Waals surface area contributed by atoms with Crippen LogP contribution >= 0.6 is 0 Å². The van der Waals surface area contributed by atoms with Crippen LogP contribution in [0.2, 0.25) is 0 Å². The van der Waals surface area contributed by atoms with Gasteiger partial charge in [0.15, 0.2) is 11.5 Å². The average molecular weight is 330 g/mol. The van der Waals surface area contributed by atoms with E-state index in [-0.39, 0.29) is 40.2 Å². The number of aliphatic hydroxyl groups excluding tert-OH is 1. The van der Waals surface area contributed by atoms with Crippen LogP contribution in [0.4, 0.5) is 0 Å². The SMILES string of the molecule is CC(C)C1=C(c2ccc(O)c(O)c2)Oc2cc(O)cc(O)c2C1O. The van der Waals surface area contributed by atoms with E-state index in [2.05, 4.69) is 0 Å². The maximum atomic E-state index is 10.7. The predicted molar refractivity (Wildman–Crippen MR) is 86.9 cm³/mol. The maximum absolute atomic E-state index is 10.7. The lowest BCUT2D eigenvalue weighted by Gasteiger charge is -2.30. The normalized spacial score (nSPS) is 16.9. The van der Waals surface area contributed by atoms with Crippen molar-refractivity contribution in [3.8, 4) is 28.7 Å². The Morgan fingerprint density at radius 3 is 2.25 bits per heavy atom. The number of fused-ring (bicyclic) bond motifs is 1. The van der Waals surface area contributed by atoms with E-state index in [0.29, 0.717) is 16.9 Å². The van der Waals surface area contributed by atoms with Gasteiger partial charge in [-0.2, -0.15) is 0 Å². The van der Waals surface area contributed by atoms with Gasteiger partial charge in [0.25, 0.3) is 0 Å². The van der Waals surface area contributed by atoms with Gasteiger partial charge in [-0.25, -0.2) is 0 Å². The Balaban J connectivity index is 2.22. The molecule has 2 aromatic rings. The topological polar surface area (TPSA) is 110 Å². The summed E-state index contributed by atoms with van der Waals surface area (Å²) in [4.78, 5) is 0. The fraction of sp³-hybridized carbons (Fsp3) is 0.222. The Morgan fingerprint density at radius 1 is 0.917 bits per heavy atom. The molecule has 1 heterocycles. The molecule has 6 nitrogen and oxygen atoms in total. The van der Waals surface area contributed by atoms with Crippen LogP contribution in [0.1, 0.15) is 31.1 Å². The Bertz CT molecular complexity index is 838. The van der Waals surface area contributed by atoms with Crippen molar-refractivity contribution >= 4 is 5.76 Å². The zero-order valence-electron chi connectivity index (χ0n) is 13.2. The minimum Gasteiger partial charge on any atom is -0.508 e. The lowest BCUT2D eigenvalue weighted by Crippen LogP contribution is -2.18. The Kier molecular flexibility index (Phi) is 3.77. The molecule has 0 saturated carbocycles. The second-order valence-corrected chi connectivity index (χ2v) is 6.02. The summed E-state index contributed by atoms with van der Waals surface area (Å²) >= 11 is 0. The molecule has 3 rings (SSSR count). The smallest absolute Gasteiger partial charge is 0.158 e. The summed E-state index contributed by atoms with van der Waals surface area (Å²) in [5, 5.41) is 49.6. The van der Waals surface area contributed by atoms with Crippen molar-refractivity contribution in [3.63, 3.8) is 0 Å². The fourth-order valence-corrected chi connectivity index (χ4v) is 2.87. The van der Waals surface area contributed by atoms with Crippen LogP contribution in [0, 0.1) is 5.92 Å². The maximum Gasteiger partial charge on any atom is 0.158 e. The zero-order chi connectivity index (χ0) is 17.6. The van der Waals surface area contributed by atoms with Crippen molar-refractivity contribution in [3.05, 3.63) is 47.0 Å². The van der Waals surface area contributed by atoms with Crippen LogP contribution in [-0.2, 0) is 0 Å². The molecule has 0 amide bonds. The molecule has 0 aromatic heterocycles. The molecule has 0 spiro atoms. The van der Waals surface area contributed by atoms with Crippen molar-refractivity contribution in [2.45, 2.75) is 20.0 Å². The van der Waals surface area contributed by atoms with E-state index in [4.69, 9.17) is 4.74 Å². The zero-order valence-corrected chi connectivity index (χ0v) is 13.2. The quantitative estimate of drug-likeness (QED) is 0.541. The molecule has 2 aromatic carbocycles. The number of aromatic hydroxyl groups is 4. The third-order valence-corrected chi connectivity index (χ3v) is 4.01. The standard InChI is InChI=1S/C18H18O6/c1-8(2)15-17(23)16-13(22)6-10(19)7-14(16)24-18(15)9-3-4-11(20)12(21)5-9/h3-8,17,19-23H,1-2H3. The van der Waals surface area contributed by atoms with Gasteiger partial charge in [0, 0.05) is 23.3 Å². The minimum absolute atomic E-state index is 0.118. The molecule has 126 valence electrons. The van der Waals surface area contributed by atoms with Gasteiger partial charge in [-0.1, -0.05) is 13.8 Å². The summed E-state index contributed by atoms with van der Waals surface area (Å²) < 4.78 is 5.83. The van der Waals surface area contributed by atoms with Crippen molar-refractivity contribution < 1.29 is 30.3 Å². The third-order valence-electron chi connectivity index (χ3n) is 4.01. The summed E-state index contributed by atoms with van der Waals surface area (Å²) in [7, 11) is 0. The van der Waals surface area contributed by atoms with Crippen molar-refractivity contribution in [1.82, 2.24) is 0 Å². The lowest BCUT2D eigenvalue weighted by molar-refractivity contribution is 0.186. The molecule has 0 bridgehead atoms. The molecule has 0 aliphatic carbocycles. The van der Waals surface area contributed by atoms with E-state index in [9.17, 15) is 25.5 Å². The average Bonchev–Trinajstić information content (AvgIpc) is 2.48. The molecule has 0 radical (unpaired) electrons. The molecule has 1 unspecified atom stereocenters. The van der Waals surface area contributed by atoms with Crippen LogP contribution in [0.3, 0.4) is 0 Å². The molecular formula is C18H18O6. The third kappa shape index (κ3) is 2.51. The van der Waals surface area contributed by atoms with Gasteiger partial charge >= 0.3 is 0 Å². The lowest BCUT2D eigenvalue weighted by atomic mass is 9.87. The number of phenolic OH excluding ortho intramolecular Hbond substituents is 4. The highest BCUT2D eigenvalue weighted by atomic mass is 16.5. The molecule has 1 aliphatic heterocycles. The highest BCUT2D eigenvalue weighted by Crippen LogP contribution is 2.49. The van der Waals surface area contributed by atoms with E-state index < -0.39 is 6.10 Å². The molecule has 24 heavy (non-hydrogen) atoms. The molecule has 1 atom stereocenters. The number of phenols is 4. The van der Waals surface area contributed by atoms with Crippen LogP contribution in [0.5, 0.6) is 28.7 Å². The first-order valence-corrected chi connectivity index (χ1v) is 7.47. The monoisotopic (exact) mass is 330 g/mol. The molecule has 0 fully saturated rings. The summed E-state index contributed by atoms with van der Waals surface area (Å²) in [6.07, 6.45) is -1.12. The van der Waals surface area contributed by atoms with Crippen molar-refractivity contribution in [2.24, 2.45) is 5.92 Å². The molecule has 0 saturated heterocycles. The number of rotatable bonds is 2. The summed E-state index contributed by atoms with van der Waals surface area (Å²) in [6.45, 7) is 3.73. The predicted octanol–water partition coefficient (Wildman–Crippen LogP) is 3.00. The van der Waals surface area contributed by atoms with Gasteiger partial charge in [-0.15, -0.1) is 0 Å². The largest absolute Gasteiger partial charge is 0.508 e. The van der Waals surface area contributed by atoms with Gasteiger partial charge in [-0.3, -0.25) is 0 Å². The highest BCUT2D eigenvalue weighted by Gasteiger charge is 2.33. The number of benzene rings is 2. The number of hydrogen-bond acceptors (Lipinski definition) is 6. The second kappa shape index (κ2) is 5.65. The first kappa shape index (κ1) is 16.0. The van der Waals surface area contributed by atoms with Gasteiger partial charge in [0.05, 0.1) is 5.56 Å². The first-order chi connectivity index (χ1) is 11.3. The molecular weight excluding hydrogens is 312 g/mol. The van der Waals surface area contributed by atoms with E-state index in [1.807, 2.05) is 13.8 Å². The van der Waals surface area contributed by atoms with Crippen LogP contribution in [0.25, 0.3) is 5.76 Å². The van der Waals surface area contributed by atoms with Crippen molar-refractivity contribution in [2.75, 3.05) is 0 Å². The number of hydrogen-bond donors (Lipinski definition) is 5. The van der Waals surface area contributed by atoms with Crippen molar-refractivity contribution in [1.29, 1.82) is 0 Å². The van der Waals surface area contributed by atoms with E-state index >= 15 is 0 Å². The summed E-state index contributed by atoms with van der Waals surface area (Å²) in [5.74, 6) is -0.713. The summed E-state index contributed by atoms with van der Waals surface area (Å²) in [5.41, 5.74) is 1.17. The van der Waals surface area contributed by atoms with Gasteiger partial charge in [0.2, 0.25) is 0 Å². The summed E-state index contributed by atoms with van der Waals surface area (Å²) in [6, 6.07) is 6.64. The van der Waals surface area contributed by atoms with E-state index in [1.54, 1.807) is 6.07 Å². The molecule has 1 aliphatic rings. The Hall–Kier alpha value is -2.86. The van der Waals surface area contributed by atoms with Gasteiger partial charge in [-0.05, 0) is 24.1 Å². The van der Waals surface area contributed by atoms with Gasteiger partial charge < -0.3 is 30.3 Å². The number of aliphatic hydroxyl groups is 1. The first-order valence-electron chi connectivity index (χ1n) is 7.47. The van der Waals surface area contributed by atoms with Gasteiger partial charge in [0.1, 0.15) is 29.1 Å². The molecule has 5 N–H and O–H groups in total. The van der Waals surface area contributed by atoms with E-state index in [1.165, 1.54) is 18.2 Å². The van der Waals surface area contributed by atoms with Crippen LogP contribution in [0.15, 0.2) is 35.9 Å². The van der Waals surface area contributed by atoms with Crippen LogP contribution < -0.4 is 4.74 Å². The highest BCUT2D eigenvalue weighted by molar-refractivity contribution is 5.73.